The monoisotopic (exact) mass is 498 g/mol. The number of rotatable bonds is 5. The summed E-state index contributed by atoms with van der Waals surface area (Å²) in [5.74, 6) is 0. The van der Waals surface area contributed by atoms with E-state index in [1.54, 1.807) is 9.26 Å². The average molecular weight is 499 g/mol. The van der Waals surface area contributed by atoms with Crippen LogP contribution < -0.4 is 5.30 Å². The third kappa shape index (κ3) is 9.18. The second kappa shape index (κ2) is 9.41. The summed E-state index contributed by atoms with van der Waals surface area (Å²) in [5, 5.41) is 1.56. The van der Waals surface area contributed by atoms with Gasteiger partial charge in [0.15, 0.2) is 0 Å². The normalized spacial score (nSPS) is 14.4. The summed E-state index contributed by atoms with van der Waals surface area (Å²) < 4.78 is 1.63. The lowest BCUT2D eigenvalue weighted by Crippen LogP contribution is -2.30. The van der Waals surface area contributed by atoms with Crippen LogP contribution in [-0.4, -0.2) is 18.4 Å². The van der Waals surface area contributed by atoms with Gasteiger partial charge in [-0.15, -0.1) is 22.4 Å². The molecule has 0 saturated heterocycles. The van der Waals surface area contributed by atoms with Crippen LogP contribution in [0.25, 0.3) is 0 Å². The topological polar surface area (TPSA) is 0 Å². The van der Waals surface area contributed by atoms with Gasteiger partial charge in [-0.3, -0.25) is 0 Å². The van der Waals surface area contributed by atoms with E-state index in [4.69, 9.17) is 0 Å². The quantitative estimate of drug-likeness (QED) is 0.293. The minimum absolute atomic E-state index is 0.127. The van der Waals surface area contributed by atoms with Gasteiger partial charge in [0, 0.05) is 5.30 Å². The van der Waals surface area contributed by atoms with Gasteiger partial charge in [-0.1, -0.05) is 114 Å². The maximum atomic E-state index is 2.52. The van der Waals surface area contributed by atoms with E-state index < -0.39 is 14.4 Å². The third-order valence-corrected chi connectivity index (χ3v) is 15.5. The zero-order valence-corrected chi connectivity index (χ0v) is 26.9. The van der Waals surface area contributed by atoms with Crippen LogP contribution >= 0.6 is 30.6 Å². The van der Waals surface area contributed by atoms with Gasteiger partial charge in [-0.2, -0.15) is 0 Å². The van der Waals surface area contributed by atoms with Crippen molar-refractivity contribution in [3.8, 4) is 0 Å². The smallest absolute Gasteiger partial charge is 0.115 e. The summed E-state index contributed by atoms with van der Waals surface area (Å²) in [6.07, 6.45) is 0. The van der Waals surface area contributed by atoms with Crippen molar-refractivity contribution in [2.45, 2.75) is 118 Å². The van der Waals surface area contributed by atoms with Crippen LogP contribution in [0.1, 0.15) is 79.0 Å². The molecule has 5 heteroatoms. The highest BCUT2D eigenvalue weighted by molar-refractivity contribution is 8.63. The molecule has 0 bridgehead atoms. The Kier molecular flexibility index (Phi) is 8.96. The average Bonchev–Trinajstić information content (AvgIpc) is 2.39. The summed E-state index contributed by atoms with van der Waals surface area (Å²) in [4.78, 5) is 0. The molecule has 0 radical (unpaired) electrons. The first-order chi connectivity index (χ1) is 13.0. The van der Waals surface area contributed by atoms with E-state index in [1.807, 2.05) is 0 Å². The zero-order chi connectivity index (χ0) is 23.9. The lowest BCUT2D eigenvalue weighted by Gasteiger charge is -2.33. The summed E-state index contributed by atoms with van der Waals surface area (Å²) in [7, 11) is -1.10. The van der Waals surface area contributed by atoms with Crippen molar-refractivity contribution in [2.75, 3.05) is 0 Å². The SMILES string of the molecule is CC(C)(C)c1cc(C(C)(C)C)c(P=C(S[Si](C)(C)C)S[Si](C)(C)C)c(C(C)(C)C)c1. The molecule has 0 heterocycles. The fourth-order valence-corrected chi connectivity index (χ4v) is 21.3. The van der Waals surface area contributed by atoms with E-state index in [2.05, 4.69) is 136 Å². The molecule has 0 aromatic heterocycles. The molecule has 0 aliphatic heterocycles. The van der Waals surface area contributed by atoms with Crippen LogP contribution in [0, 0.1) is 0 Å². The molecular formula is C25H47PS2Si2. The first kappa shape index (κ1) is 28.6. The molecule has 0 aliphatic rings. The van der Waals surface area contributed by atoms with Crippen LogP contribution in [-0.2, 0) is 16.2 Å². The third-order valence-electron chi connectivity index (χ3n) is 4.58. The minimum atomic E-state index is -1.27. The van der Waals surface area contributed by atoms with E-state index in [9.17, 15) is 0 Å². The Bertz CT molecular complexity index is 725. The van der Waals surface area contributed by atoms with Gasteiger partial charge >= 0.3 is 0 Å². The molecule has 0 atom stereocenters. The van der Waals surface area contributed by atoms with Gasteiger partial charge in [-0.05, 0) is 41.1 Å². The fraction of sp³-hybridized carbons (Fsp3) is 0.720. The number of hydrogen-bond donors (Lipinski definition) is 0. The molecular weight excluding hydrogens is 452 g/mol. The predicted molar refractivity (Wildman–Crippen MR) is 156 cm³/mol. The second-order valence-electron chi connectivity index (χ2n) is 13.5. The Balaban J connectivity index is 3.98. The van der Waals surface area contributed by atoms with Crippen LogP contribution in [0.3, 0.4) is 0 Å². The Morgan fingerprint density at radius 1 is 0.633 bits per heavy atom. The Hall–Kier alpha value is 0.524. The van der Waals surface area contributed by atoms with Gasteiger partial charge in [0.05, 0.1) is 3.96 Å². The Labute approximate surface area is 200 Å². The van der Waals surface area contributed by atoms with E-state index in [0.717, 1.165) is 0 Å². The molecule has 0 aliphatic carbocycles. The molecule has 30 heavy (non-hydrogen) atoms. The maximum absolute atomic E-state index is 2.52. The van der Waals surface area contributed by atoms with Gasteiger partial charge in [0.25, 0.3) is 0 Å². The van der Waals surface area contributed by atoms with E-state index in [-0.39, 0.29) is 16.2 Å². The number of hydrogen-bond acceptors (Lipinski definition) is 2. The predicted octanol–water partition coefficient (Wildman–Crippen LogP) is 9.37. The molecule has 0 amide bonds. The highest BCUT2D eigenvalue weighted by Crippen LogP contribution is 2.40. The van der Waals surface area contributed by atoms with Crippen LogP contribution in [0.4, 0.5) is 0 Å². The summed E-state index contributed by atoms with van der Waals surface area (Å²) in [6, 6.07) is 5.04. The van der Waals surface area contributed by atoms with E-state index >= 15 is 0 Å². The molecule has 0 N–H and O–H groups in total. The van der Waals surface area contributed by atoms with Gasteiger partial charge in [0.1, 0.15) is 14.4 Å². The molecule has 0 nitrogen and oxygen atoms in total. The molecule has 172 valence electrons. The molecule has 0 saturated carbocycles. The highest BCUT2D eigenvalue weighted by atomic mass is 32.4. The molecule has 0 spiro atoms. The first-order valence-electron chi connectivity index (χ1n) is 11.2. The van der Waals surface area contributed by atoms with Crippen LogP contribution in [0.15, 0.2) is 12.1 Å². The highest BCUT2D eigenvalue weighted by Gasteiger charge is 2.30. The molecule has 1 aromatic rings. The van der Waals surface area contributed by atoms with Crippen molar-refractivity contribution in [3.05, 3.63) is 28.8 Å². The van der Waals surface area contributed by atoms with Crippen LogP contribution in [0.2, 0.25) is 39.3 Å². The van der Waals surface area contributed by atoms with E-state index in [0.29, 0.717) is 0 Å². The van der Waals surface area contributed by atoms with Crippen molar-refractivity contribution < 1.29 is 0 Å². The van der Waals surface area contributed by atoms with Crippen molar-refractivity contribution in [1.82, 2.24) is 0 Å². The summed E-state index contributed by atoms with van der Waals surface area (Å²) in [6.45, 7) is 36.2. The van der Waals surface area contributed by atoms with Gasteiger partial charge < -0.3 is 0 Å². The molecule has 1 rings (SSSR count). The summed E-state index contributed by atoms with van der Waals surface area (Å²) >= 11 is 4.43. The van der Waals surface area contributed by atoms with E-state index in [1.165, 1.54) is 24.9 Å². The zero-order valence-electron chi connectivity index (χ0n) is 22.4. The fourth-order valence-electron chi connectivity index (χ4n) is 3.01. The lowest BCUT2D eigenvalue weighted by molar-refractivity contribution is 0.554. The largest absolute Gasteiger partial charge is 0.141 e. The van der Waals surface area contributed by atoms with Gasteiger partial charge in [0.2, 0.25) is 0 Å². The second-order valence-corrected chi connectivity index (χ2v) is 33.7. The molecule has 0 fully saturated rings. The van der Waals surface area contributed by atoms with Crippen molar-refractivity contribution in [2.24, 2.45) is 0 Å². The first-order valence-corrected chi connectivity index (χ1v) is 22.1. The van der Waals surface area contributed by atoms with Crippen molar-refractivity contribution >= 4 is 54.3 Å². The Morgan fingerprint density at radius 3 is 1.20 bits per heavy atom. The van der Waals surface area contributed by atoms with Crippen LogP contribution in [0.5, 0.6) is 0 Å². The maximum Gasteiger partial charge on any atom is 0.115 e. The summed E-state index contributed by atoms with van der Waals surface area (Å²) in [5.41, 5.74) is 4.94. The standard InChI is InChI=1S/C25H47PS2Si2/c1-23(2,3)18-16-19(24(4,5)6)21(20(17-18)25(7,8)9)26-22(27-29(10,11)12)28-30(13,14)15/h16-17H,1-15H3. The molecule has 1 aromatic carbocycles. The van der Waals surface area contributed by atoms with Crippen molar-refractivity contribution in [1.29, 1.82) is 0 Å². The number of benzene rings is 1. The Morgan fingerprint density at radius 2 is 0.967 bits per heavy atom. The minimum Gasteiger partial charge on any atom is -0.141 e. The molecule has 0 unspecified atom stereocenters. The van der Waals surface area contributed by atoms with Gasteiger partial charge in [-0.25, -0.2) is 0 Å². The lowest BCUT2D eigenvalue weighted by atomic mass is 9.75. The van der Waals surface area contributed by atoms with Crippen molar-refractivity contribution in [3.63, 3.8) is 0 Å².